The molecule has 0 amide bonds. The summed E-state index contributed by atoms with van der Waals surface area (Å²) in [4.78, 5) is 0. The van der Waals surface area contributed by atoms with Gasteiger partial charge in [-0.05, 0) is 37.8 Å². The van der Waals surface area contributed by atoms with E-state index in [0.29, 0.717) is 0 Å². The van der Waals surface area contributed by atoms with Crippen molar-refractivity contribution in [1.29, 1.82) is 0 Å². The zero-order valence-electron chi connectivity index (χ0n) is 8.88. The summed E-state index contributed by atoms with van der Waals surface area (Å²) >= 11 is 0. The highest BCUT2D eigenvalue weighted by molar-refractivity contribution is 5.36. The van der Waals surface area contributed by atoms with Crippen LogP contribution in [0.2, 0.25) is 0 Å². The molecule has 0 spiro atoms. The Hall–Kier alpha value is -0.860. The van der Waals surface area contributed by atoms with Crippen LogP contribution in [0, 0.1) is 13.8 Å². The fourth-order valence-electron chi connectivity index (χ4n) is 1.86. The first-order valence-corrected chi connectivity index (χ1v) is 5.14. The lowest BCUT2D eigenvalue weighted by molar-refractivity contribution is 0.533. The van der Waals surface area contributed by atoms with Gasteiger partial charge in [0.05, 0.1) is 0 Å². The highest BCUT2D eigenvalue weighted by atomic mass is 14.9. The molecule has 1 aliphatic rings. The number of benzene rings is 1. The van der Waals surface area contributed by atoms with Gasteiger partial charge in [0, 0.05) is 11.6 Å². The molecule has 0 saturated heterocycles. The van der Waals surface area contributed by atoms with Crippen LogP contribution in [0.25, 0.3) is 0 Å². The predicted octanol–water partition coefficient (Wildman–Crippen LogP) is 1.79. The molecule has 2 nitrogen and oxygen atoms in total. The Morgan fingerprint density at radius 3 is 2.50 bits per heavy atom. The standard InChI is InChI=1S/C12H18N2/c1-8-3-4-9(2)10(7-8)11(13)12(14)5-6-12/h3-4,7,11H,5-6,13-14H2,1-2H3. The molecule has 76 valence electrons. The summed E-state index contributed by atoms with van der Waals surface area (Å²) in [7, 11) is 0. The lowest BCUT2D eigenvalue weighted by atomic mass is 9.93. The van der Waals surface area contributed by atoms with E-state index in [0.717, 1.165) is 12.8 Å². The fraction of sp³-hybridized carbons (Fsp3) is 0.500. The molecule has 0 aromatic heterocycles. The van der Waals surface area contributed by atoms with Gasteiger partial charge in [0.2, 0.25) is 0 Å². The van der Waals surface area contributed by atoms with Crippen LogP contribution in [0.3, 0.4) is 0 Å². The summed E-state index contributed by atoms with van der Waals surface area (Å²) < 4.78 is 0. The van der Waals surface area contributed by atoms with Crippen LogP contribution in [-0.2, 0) is 0 Å². The maximum atomic E-state index is 6.18. The topological polar surface area (TPSA) is 52.0 Å². The molecule has 0 heterocycles. The van der Waals surface area contributed by atoms with Crippen molar-refractivity contribution >= 4 is 0 Å². The number of hydrogen-bond donors (Lipinski definition) is 2. The minimum absolute atomic E-state index is 0.00222. The molecule has 1 fully saturated rings. The van der Waals surface area contributed by atoms with Gasteiger partial charge in [0.15, 0.2) is 0 Å². The molecule has 2 heteroatoms. The summed E-state index contributed by atoms with van der Waals surface area (Å²) in [6.45, 7) is 4.19. The van der Waals surface area contributed by atoms with Gasteiger partial charge < -0.3 is 11.5 Å². The van der Waals surface area contributed by atoms with Crippen LogP contribution in [0.15, 0.2) is 18.2 Å². The lowest BCUT2D eigenvalue weighted by Gasteiger charge is -2.21. The second kappa shape index (κ2) is 3.07. The quantitative estimate of drug-likeness (QED) is 0.747. The Bertz CT molecular complexity index is 353. The molecule has 1 atom stereocenters. The van der Waals surface area contributed by atoms with E-state index in [-0.39, 0.29) is 11.6 Å². The lowest BCUT2D eigenvalue weighted by Crippen LogP contribution is -2.36. The van der Waals surface area contributed by atoms with Crippen molar-refractivity contribution in [2.24, 2.45) is 11.5 Å². The minimum Gasteiger partial charge on any atom is -0.323 e. The molecule has 1 unspecified atom stereocenters. The number of aryl methyl sites for hydroxylation is 2. The zero-order chi connectivity index (χ0) is 10.3. The number of rotatable bonds is 2. The molecule has 1 aromatic rings. The summed E-state index contributed by atoms with van der Waals surface area (Å²) in [6, 6.07) is 6.40. The third kappa shape index (κ3) is 1.56. The zero-order valence-corrected chi connectivity index (χ0v) is 8.88. The van der Waals surface area contributed by atoms with Gasteiger partial charge in [-0.15, -0.1) is 0 Å². The Labute approximate surface area is 85.3 Å². The van der Waals surface area contributed by atoms with Gasteiger partial charge in [-0.2, -0.15) is 0 Å². The molecule has 1 saturated carbocycles. The van der Waals surface area contributed by atoms with Crippen LogP contribution in [-0.4, -0.2) is 5.54 Å². The Balaban J connectivity index is 2.35. The second-order valence-corrected chi connectivity index (χ2v) is 4.57. The van der Waals surface area contributed by atoms with Gasteiger partial charge in [-0.25, -0.2) is 0 Å². The fourth-order valence-corrected chi connectivity index (χ4v) is 1.86. The van der Waals surface area contributed by atoms with Crippen LogP contribution in [0.4, 0.5) is 0 Å². The average molecular weight is 190 g/mol. The number of hydrogen-bond acceptors (Lipinski definition) is 2. The van der Waals surface area contributed by atoms with Crippen molar-refractivity contribution in [3.8, 4) is 0 Å². The van der Waals surface area contributed by atoms with E-state index in [2.05, 4.69) is 32.0 Å². The van der Waals surface area contributed by atoms with Crippen molar-refractivity contribution in [3.63, 3.8) is 0 Å². The first-order chi connectivity index (χ1) is 6.53. The SMILES string of the molecule is Cc1ccc(C)c(C(N)C2(N)CC2)c1. The van der Waals surface area contributed by atoms with Crippen molar-refractivity contribution in [2.75, 3.05) is 0 Å². The van der Waals surface area contributed by atoms with Gasteiger partial charge in [0.25, 0.3) is 0 Å². The first-order valence-electron chi connectivity index (χ1n) is 5.14. The number of nitrogens with two attached hydrogens (primary N) is 2. The maximum Gasteiger partial charge on any atom is 0.0480 e. The Morgan fingerprint density at radius 2 is 1.93 bits per heavy atom. The molecule has 14 heavy (non-hydrogen) atoms. The molecular formula is C12H18N2. The van der Waals surface area contributed by atoms with E-state index in [4.69, 9.17) is 11.5 Å². The Morgan fingerprint density at radius 1 is 1.29 bits per heavy atom. The molecule has 1 aliphatic carbocycles. The first kappa shape index (κ1) is 9.69. The molecule has 4 N–H and O–H groups in total. The van der Waals surface area contributed by atoms with Gasteiger partial charge in [-0.3, -0.25) is 0 Å². The van der Waals surface area contributed by atoms with E-state index in [1.165, 1.54) is 16.7 Å². The highest BCUT2D eigenvalue weighted by Gasteiger charge is 2.44. The normalized spacial score (nSPS) is 20.6. The van der Waals surface area contributed by atoms with Gasteiger partial charge in [0.1, 0.15) is 0 Å². The van der Waals surface area contributed by atoms with Crippen molar-refractivity contribution in [2.45, 2.75) is 38.3 Å². The Kier molecular flexibility index (Phi) is 2.13. The molecule has 0 bridgehead atoms. The summed E-state index contributed by atoms with van der Waals surface area (Å²) in [6.07, 6.45) is 2.11. The van der Waals surface area contributed by atoms with E-state index >= 15 is 0 Å². The molecule has 0 aliphatic heterocycles. The van der Waals surface area contributed by atoms with E-state index in [9.17, 15) is 0 Å². The van der Waals surface area contributed by atoms with Gasteiger partial charge in [-0.1, -0.05) is 23.8 Å². The largest absolute Gasteiger partial charge is 0.323 e. The third-order valence-corrected chi connectivity index (χ3v) is 3.22. The minimum atomic E-state index is -0.126. The third-order valence-electron chi connectivity index (χ3n) is 3.22. The molecular weight excluding hydrogens is 172 g/mol. The summed E-state index contributed by atoms with van der Waals surface area (Å²) in [5.74, 6) is 0. The summed E-state index contributed by atoms with van der Waals surface area (Å²) in [5, 5.41) is 0. The highest BCUT2D eigenvalue weighted by Crippen LogP contribution is 2.42. The van der Waals surface area contributed by atoms with Crippen LogP contribution >= 0.6 is 0 Å². The van der Waals surface area contributed by atoms with Crippen molar-refractivity contribution in [3.05, 3.63) is 34.9 Å². The predicted molar refractivity (Wildman–Crippen MR) is 59.0 cm³/mol. The van der Waals surface area contributed by atoms with Crippen molar-refractivity contribution < 1.29 is 0 Å². The molecule has 0 radical (unpaired) electrons. The van der Waals surface area contributed by atoms with Crippen LogP contribution in [0.1, 0.15) is 35.6 Å². The molecule has 2 rings (SSSR count). The van der Waals surface area contributed by atoms with Crippen LogP contribution in [0.5, 0.6) is 0 Å². The second-order valence-electron chi connectivity index (χ2n) is 4.57. The summed E-state index contributed by atoms with van der Waals surface area (Å²) in [5.41, 5.74) is 15.9. The maximum absolute atomic E-state index is 6.18. The van der Waals surface area contributed by atoms with Gasteiger partial charge >= 0.3 is 0 Å². The van der Waals surface area contributed by atoms with E-state index in [1.54, 1.807) is 0 Å². The van der Waals surface area contributed by atoms with E-state index < -0.39 is 0 Å². The van der Waals surface area contributed by atoms with E-state index in [1.807, 2.05) is 0 Å². The van der Waals surface area contributed by atoms with Crippen molar-refractivity contribution in [1.82, 2.24) is 0 Å². The molecule has 1 aromatic carbocycles. The average Bonchev–Trinajstić information content (AvgIpc) is 2.88. The smallest absolute Gasteiger partial charge is 0.0480 e. The monoisotopic (exact) mass is 190 g/mol. The van der Waals surface area contributed by atoms with Crippen LogP contribution < -0.4 is 11.5 Å².